The van der Waals surface area contributed by atoms with E-state index >= 15 is 0 Å². The number of allylic oxidation sites excluding steroid dienone is 1. The highest BCUT2D eigenvalue weighted by Crippen LogP contribution is 2.37. The average Bonchev–Trinajstić information content (AvgIpc) is 3.11. The van der Waals surface area contributed by atoms with Gasteiger partial charge in [-0.05, 0) is 47.2 Å². The summed E-state index contributed by atoms with van der Waals surface area (Å²) in [5, 5.41) is 14.9. The van der Waals surface area contributed by atoms with Crippen molar-refractivity contribution in [2.45, 2.75) is 19.6 Å². The number of fused-ring (bicyclic) bond motifs is 1. The van der Waals surface area contributed by atoms with Crippen LogP contribution in [0.3, 0.4) is 0 Å². The highest BCUT2D eigenvalue weighted by molar-refractivity contribution is 9.10. The van der Waals surface area contributed by atoms with Crippen LogP contribution in [0, 0.1) is 6.92 Å². The molecule has 27 heavy (non-hydrogen) atoms. The van der Waals surface area contributed by atoms with Crippen molar-refractivity contribution in [2.75, 3.05) is 5.32 Å². The monoisotopic (exact) mass is 433 g/mol. The van der Waals surface area contributed by atoms with Crippen LogP contribution in [0.5, 0.6) is 5.75 Å². The molecule has 1 atom stereocenters. The Balaban J connectivity index is 1.83. The van der Waals surface area contributed by atoms with Gasteiger partial charge in [-0.3, -0.25) is 0 Å². The fourth-order valence-corrected chi connectivity index (χ4v) is 3.31. The van der Waals surface area contributed by atoms with Crippen LogP contribution in [-0.4, -0.2) is 26.8 Å². The molecular weight excluding hydrogens is 420 g/mol. The average molecular weight is 434 g/mol. The molecule has 0 aliphatic carbocycles. The SMILES string of the molecule is Cc1ccc(C2=C[C@H](c3cc(Br)ccc3OC(F)F)n3nnnc3N2)cc1. The van der Waals surface area contributed by atoms with Crippen LogP contribution in [0.1, 0.15) is 22.7 Å². The number of nitrogens with one attached hydrogen (secondary N) is 1. The van der Waals surface area contributed by atoms with Gasteiger partial charge >= 0.3 is 6.61 Å². The summed E-state index contributed by atoms with van der Waals surface area (Å²) in [7, 11) is 0. The molecule has 0 spiro atoms. The normalized spacial score (nSPS) is 15.9. The van der Waals surface area contributed by atoms with Crippen molar-refractivity contribution in [3.63, 3.8) is 0 Å². The van der Waals surface area contributed by atoms with Gasteiger partial charge in [-0.15, -0.1) is 0 Å². The second kappa shape index (κ2) is 7.07. The van der Waals surface area contributed by atoms with Gasteiger partial charge in [-0.25, -0.2) is 0 Å². The van der Waals surface area contributed by atoms with Crippen LogP contribution in [0.15, 0.2) is 53.0 Å². The van der Waals surface area contributed by atoms with Crippen LogP contribution < -0.4 is 10.1 Å². The van der Waals surface area contributed by atoms with Gasteiger partial charge in [0.2, 0.25) is 5.95 Å². The molecule has 2 heterocycles. The third kappa shape index (κ3) is 3.55. The first kappa shape index (κ1) is 17.6. The number of hydrogen-bond donors (Lipinski definition) is 1. The van der Waals surface area contributed by atoms with Gasteiger partial charge in [0.1, 0.15) is 11.8 Å². The number of halogens is 3. The Hall–Kier alpha value is -2.81. The summed E-state index contributed by atoms with van der Waals surface area (Å²) in [5.41, 5.74) is 3.37. The molecule has 1 aliphatic heterocycles. The van der Waals surface area contributed by atoms with Gasteiger partial charge in [0.25, 0.3) is 0 Å². The third-order valence-corrected chi connectivity index (χ3v) is 4.69. The summed E-state index contributed by atoms with van der Waals surface area (Å²) >= 11 is 3.39. The molecule has 0 saturated carbocycles. The first-order chi connectivity index (χ1) is 13.0. The van der Waals surface area contributed by atoms with E-state index in [-0.39, 0.29) is 5.75 Å². The standard InChI is InChI=1S/C18H14BrF2N5O/c1-10-2-4-11(5-3-10)14-9-15(26-18(22-14)23-24-25-26)13-8-12(19)6-7-16(13)27-17(20)21/h2-9,15,17H,1H3,(H,22,23,25)/t15-/m1/s1. The fraction of sp³-hybridized carbons (Fsp3) is 0.167. The number of ether oxygens (including phenoxy) is 1. The maximum atomic E-state index is 12.9. The minimum atomic E-state index is -2.93. The molecule has 0 fully saturated rings. The lowest BCUT2D eigenvalue weighted by molar-refractivity contribution is -0.0506. The van der Waals surface area contributed by atoms with Gasteiger partial charge in [0.15, 0.2) is 0 Å². The number of hydrogen-bond acceptors (Lipinski definition) is 5. The second-order valence-corrected chi connectivity index (χ2v) is 6.94. The molecule has 0 amide bonds. The maximum absolute atomic E-state index is 12.9. The van der Waals surface area contributed by atoms with Crippen LogP contribution in [0.2, 0.25) is 0 Å². The number of nitrogens with zero attached hydrogens (tertiary/aromatic N) is 4. The summed E-state index contributed by atoms with van der Waals surface area (Å²) in [6, 6.07) is 12.3. The van der Waals surface area contributed by atoms with E-state index in [4.69, 9.17) is 4.74 Å². The van der Waals surface area contributed by atoms with E-state index < -0.39 is 12.7 Å². The fourth-order valence-electron chi connectivity index (χ4n) is 2.93. The summed E-state index contributed by atoms with van der Waals surface area (Å²) in [4.78, 5) is 0. The Morgan fingerprint density at radius 2 is 1.96 bits per heavy atom. The van der Waals surface area contributed by atoms with E-state index in [1.165, 1.54) is 10.7 Å². The Bertz CT molecular complexity index is 1000. The van der Waals surface area contributed by atoms with Crippen molar-refractivity contribution in [3.05, 3.63) is 69.7 Å². The zero-order valence-electron chi connectivity index (χ0n) is 14.1. The van der Waals surface area contributed by atoms with Crippen LogP contribution in [0.25, 0.3) is 5.70 Å². The van der Waals surface area contributed by atoms with Crippen molar-refractivity contribution in [2.24, 2.45) is 0 Å². The molecule has 9 heteroatoms. The predicted octanol–water partition coefficient (Wildman–Crippen LogP) is 4.40. The number of aromatic nitrogens is 4. The summed E-state index contributed by atoms with van der Waals surface area (Å²) < 4.78 is 32.7. The molecule has 1 aromatic heterocycles. The molecule has 0 radical (unpaired) electrons. The van der Waals surface area contributed by atoms with Crippen molar-refractivity contribution in [3.8, 4) is 5.75 Å². The van der Waals surface area contributed by atoms with Crippen LogP contribution in [0.4, 0.5) is 14.7 Å². The first-order valence-corrected chi connectivity index (χ1v) is 8.88. The summed E-state index contributed by atoms with van der Waals surface area (Å²) in [5.74, 6) is 0.488. The van der Waals surface area contributed by atoms with E-state index in [0.29, 0.717) is 11.5 Å². The number of benzene rings is 2. The van der Waals surface area contributed by atoms with E-state index in [9.17, 15) is 8.78 Å². The molecule has 0 bridgehead atoms. The van der Waals surface area contributed by atoms with Crippen molar-refractivity contribution < 1.29 is 13.5 Å². The van der Waals surface area contributed by atoms with Crippen molar-refractivity contribution in [1.82, 2.24) is 20.2 Å². The number of tetrazole rings is 1. The molecule has 4 rings (SSSR count). The molecule has 0 saturated heterocycles. The van der Waals surface area contributed by atoms with E-state index in [2.05, 4.69) is 36.8 Å². The molecule has 6 nitrogen and oxygen atoms in total. The molecule has 138 valence electrons. The van der Waals surface area contributed by atoms with Crippen LogP contribution in [-0.2, 0) is 0 Å². The second-order valence-electron chi connectivity index (χ2n) is 6.02. The highest BCUT2D eigenvalue weighted by atomic mass is 79.9. The molecular formula is C18H14BrF2N5O. The van der Waals surface area contributed by atoms with E-state index in [1.807, 2.05) is 37.3 Å². The highest BCUT2D eigenvalue weighted by Gasteiger charge is 2.27. The third-order valence-electron chi connectivity index (χ3n) is 4.20. The minimum Gasteiger partial charge on any atom is -0.434 e. The zero-order valence-corrected chi connectivity index (χ0v) is 15.7. The van der Waals surface area contributed by atoms with Gasteiger partial charge in [-0.1, -0.05) is 50.9 Å². The quantitative estimate of drug-likeness (QED) is 0.660. The lowest BCUT2D eigenvalue weighted by atomic mass is 10.0. The summed E-state index contributed by atoms with van der Waals surface area (Å²) in [6.07, 6.45) is 1.88. The molecule has 0 unspecified atom stereocenters. The topological polar surface area (TPSA) is 64.9 Å². The lowest BCUT2D eigenvalue weighted by Crippen LogP contribution is -2.21. The lowest BCUT2D eigenvalue weighted by Gasteiger charge is -2.25. The largest absolute Gasteiger partial charge is 0.434 e. The van der Waals surface area contributed by atoms with Crippen LogP contribution >= 0.6 is 15.9 Å². The molecule has 1 aliphatic rings. The predicted molar refractivity (Wildman–Crippen MR) is 99.5 cm³/mol. The number of anilines is 1. The molecule has 1 N–H and O–H groups in total. The Morgan fingerprint density at radius 3 is 2.70 bits per heavy atom. The maximum Gasteiger partial charge on any atom is 0.387 e. The van der Waals surface area contributed by atoms with Gasteiger partial charge in [0.05, 0.1) is 0 Å². The summed E-state index contributed by atoms with van der Waals surface area (Å²) in [6.45, 7) is -0.925. The minimum absolute atomic E-state index is 0.0704. The van der Waals surface area contributed by atoms with Crippen molar-refractivity contribution in [1.29, 1.82) is 0 Å². The Kier molecular flexibility index (Phi) is 4.61. The zero-order chi connectivity index (χ0) is 19.0. The number of alkyl halides is 2. The van der Waals surface area contributed by atoms with E-state index in [1.54, 1.807) is 12.1 Å². The Labute approximate surface area is 162 Å². The smallest absolute Gasteiger partial charge is 0.387 e. The van der Waals surface area contributed by atoms with E-state index in [0.717, 1.165) is 21.3 Å². The van der Waals surface area contributed by atoms with Gasteiger partial charge in [-0.2, -0.15) is 13.5 Å². The number of aryl methyl sites for hydroxylation is 1. The van der Waals surface area contributed by atoms with Gasteiger partial charge in [0, 0.05) is 15.7 Å². The van der Waals surface area contributed by atoms with Crippen molar-refractivity contribution >= 4 is 27.6 Å². The molecule has 2 aromatic carbocycles. The van der Waals surface area contributed by atoms with Gasteiger partial charge < -0.3 is 10.1 Å². The Morgan fingerprint density at radius 1 is 1.19 bits per heavy atom. The number of rotatable bonds is 4. The molecule has 3 aromatic rings. The first-order valence-electron chi connectivity index (χ1n) is 8.09.